The van der Waals surface area contributed by atoms with Crippen LogP contribution in [-0.4, -0.2) is 55.4 Å². The van der Waals surface area contributed by atoms with E-state index in [2.05, 4.69) is 35.8 Å². The lowest BCUT2D eigenvalue weighted by atomic mass is 10.2. The highest BCUT2D eigenvalue weighted by Crippen LogP contribution is 2.26. The highest BCUT2D eigenvalue weighted by atomic mass is 19.4. The van der Waals surface area contributed by atoms with E-state index < -0.39 is 6.36 Å². The number of urea groups is 1. The van der Waals surface area contributed by atoms with Crippen molar-refractivity contribution in [1.29, 1.82) is 0 Å². The summed E-state index contributed by atoms with van der Waals surface area (Å²) < 4.78 is 41.3. The lowest BCUT2D eigenvalue weighted by molar-refractivity contribution is -0.275. The van der Waals surface area contributed by atoms with Gasteiger partial charge in [-0.15, -0.1) is 13.2 Å². The molecule has 0 saturated carbocycles. The molecule has 0 atom stereocenters. The lowest BCUT2D eigenvalue weighted by Crippen LogP contribution is -2.37. The van der Waals surface area contributed by atoms with E-state index in [1.807, 2.05) is 0 Å². The molecule has 26 heavy (non-hydrogen) atoms. The average molecular weight is 375 g/mol. The lowest BCUT2D eigenvalue weighted by Gasteiger charge is -2.21. The average Bonchev–Trinajstić information content (AvgIpc) is 2.54. The van der Waals surface area contributed by atoms with Crippen LogP contribution >= 0.6 is 0 Å². The van der Waals surface area contributed by atoms with Crippen LogP contribution in [0, 0.1) is 0 Å². The Hall–Kier alpha value is -1.96. The molecule has 1 aromatic carbocycles. The zero-order valence-electron chi connectivity index (χ0n) is 15.8. The van der Waals surface area contributed by atoms with Gasteiger partial charge >= 0.3 is 12.4 Å². The van der Waals surface area contributed by atoms with Gasteiger partial charge in [0.1, 0.15) is 5.75 Å². The van der Waals surface area contributed by atoms with Gasteiger partial charge in [0.25, 0.3) is 0 Å². The number of carbonyl (C=O) groups is 1. The second-order valence-electron chi connectivity index (χ2n) is 6.52. The summed E-state index contributed by atoms with van der Waals surface area (Å²) in [6.45, 7) is 5.74. The van der Waals surface area contributed by atoms with Crippen LogP contribution in [0.15, 0.2) is 24.3 Å². The molecule has 0 heterocycles. The number of halogens is 3. The Bertz CT molecular complexity index is 565. The van der Waals surface area contributed by atoms with Crippen molar-refractivity contribution in [2.75, 3.05) is 27.2 Å². The maximum atomic E-state index is 12.4. The fraction of sp³-hybridized carbons (Fsp3) is 0.611. The molecule has 2 amide bonds. The molecular weight excluding hydrogens is 347 g/mol. The number of unbranched alkanes of at least 4 members (excludes halogenated alkanes) is 1. The van der Waals surface area contributed by atoms with Gasteiger partial charge in [0, 0.05) is 25.2 Å². The Morgan fingerprint density at radius 3 is 2.46 bits per heavy atom. The van der Waals surface area contributed by atoms with E-state index in [0.717, 1.165) is 19.4 Å². The number of benzene rings is 1. The Morgan fingerprint density at radius 2 is 1.85 bits per heavy atom. The van der Waals surface area contributed by atoms with Gasteiger partial charge in [-0.2, -0.15) is 0 Å². The molecule has 148 valence electrons. The first kappa shape index (κ1) is 22.1. The highest BCUT2D eigenvalue weighted by Gasteiger charge is 2.32. The van der Waals surface area contributed by atoms with Crippen molar-refractivity contribution >= 4 is 6.03 Å². The topological polar surface area (TPSA) is 44.8 Å². The maximum Gasteiger partial charge on any atom is 0.573 e. The number of hydrogen-bond acceptors (Lipinski definition) is 3. The molecule has 5 nitrogen and oxygen atoms in total. The first-order chi connectivity index (χ1) is 12.1. The molecule has 0 aliphatic rings. The minimum Gasteiger partial charge on any atom is -0.405 e. The molecule has 0 saturated heterocycles. The minimum atomic E-state index is -4.76. The Morgan fingerprint density at radius 1 is 1.19 bits per heavy atom. The summed E-state index contributed by atoms with van der Waals surface area (Å²) in [4.78, 5) is 15.7. The maximum absolute atomic E-state index is 12.4. The van der Waals surface area contributed by atoms with E-state index in [1.54, 1.807) is 6.07 Å². The van der Waals surface area contributed by atoms with Crippen LogP contribution in [-0.2, 0) is 6.54 Å². The molecule has 0 aromatic heterocycles. The van der Waals surface area contributed by atoms with Crippen LogP contribution in [0.3, 0.4) is 0 Å². The number of nitrogens with zero attached hydrogens (tertiary/aromatic N) is 2. The third kappa shape index (κ3) is 8.42. The molecular formula is C18H28F3N3O2. The molecule has 0 spiro atoms. The molecule has 0 unspecified atom stereocenters. The molecule has 0 fully saturated rings. The summed E-state index contributed by atoms with van der Waals surface area (Å²) in [6, 6.07) is 5.96. The van der Waals surface area contributed by atoms with Crippen LogP contribution in [0.5, 0.6) is 5.75 Å². The monoisotopic (exact) mass is 375 g/mol. The zero-order valence-corrected chi connectivity index (χ0v) is 15.8. The van der Waals surface area contributed by atoms with Gasteiger partial charge in [0.05, 0.1) is 6.54 Å². The van der Waals surface area contributed by atoms with Gasteiger partial charge in [0.2, 0.25) is 0 Å². The van der Waals surface area contributed by atoms with E-state index in [9.17, 15) is 18.0 Å². The largest absolute Gasteiger partial charge is 0.573 e. The van der Waals surface area contributed by atoms with Crippen molar-refractivity contribution in [3.63, 3.8) is 0 Å². The number of rotatable bonds is 9. The quantitative estimate of drug-likeness (QED) is 0.667. The number of para-hydroxylation sites is 1. The minimum absolute atomic E-state index is 0.0220. The summed E-state index contributed by atoms with van der Waals surface area (Å²) in [5.74, 6) is -0.295. The normalized spacial score (nSPS) is 11.7. The van der Waals surface area contributed by atoms with Gasteiger partial charge < -0.3 is 19.9 Å². The van der Waals surface area contributed by atoms with Gasteiger partial charge in [-0.3, -0.25) is 0 Å². The van der Waals surface area contributed by atoms with Crippen molar-refractivity contribution in [3.05, 3.63) is 29.8 Å². The number of hydrogen-bond donors (Lipinski definition) is 1. The summed E-state index contributed by atoms with van der Waals surface area (Å²) in [6.07, 6.45) is -2.97. The van der Waals surface area contributed by atoms with E-state index >= 15 is 0 Å². The smallest absolute Gasteiger partial charge is 0.405 e. The number of alkyl halides is 3. The Labute approximate surface area is 153 Å². The molecule has 1 N–H and O–H groups in total. The van der Waals surface area contributed by atoms with Gasteiger partial charge in [-0.1, -0.05) is 18.2 Å². The van der Waals surface area contributed by atoms with Crippen LogP contribution in [0.1, 0.15) is 32.3 Å². The third-order valence-corrected chi connectivity index (χ3v) is 4.05. The molecule has 0 aliphatic carbocycles. The molecule has 0 bridgehead atoms. The van der Waals surface area contributed by atoms with Crippen LogP contribution < -0.4 is 10.1 Å². The van der Waals surface area contributed by atoms with E-state index in [1.165, 1.54) is 30.1 Å². The second kappa shape index (κ2) is 10.3. The predicted molar refractivity (Wildman–Crippen MR) is 95.0 cm³/mol. The molecule has 0 aliphatic heterocycles. The van der Waals surface area contributed by atoms with Crippen molar-refractivity contribution in [2.45, 2.75) is 45.6 Å². The second-order valence-corrected chi connectivity index (χ2v) is 6.52. The summed E-state index contributed by atoms with van der Waals surface area (Å²) >= 11 is 0. The molecule has 0 radical (unpaired) electrons. The van der Waals surface area contributed by atoms with Gasteiger partial charge in [-0.05, 0) is 46.3 Å². The summed E-state index contributed by atoms with van der Waals surface area (Å²) in [7, 11) is 3.59. The van der Waals surface area contributed by atoms with Crippen molar-refractivity contribution in [2.24, 2.45) is 0 Å². The standard InChI is InChI=1S/C18H28F3N3O2/c1-14(2)23(3)12-8-7-11-22-17(25)24(4)13-15-9-5-6-10-16(15)26-18(19,20)21/h5-6,9-10,14H,7-8,11-13H2,1-4H3,(H,22,25). The summed E-state index contributed by atoms with van der Waals surface area (Å²) in [5, 5.41) is 2.78. The fourth-order valence-corrected chi connectivity index (χ4v) is 2.26. The molecule has 8 heteroatoms. The van der Waals surface area contributed by atoms with Gasteiger partial charge in [0.15, 0.2) is 0 Å². The first-order valence-corrected chi connectivity index (χ1v) is 8.63. The van der Waals surface area contributed by atoms with E-state index in [4.69, 9.17) is 0 Å². The van der Waals surface area contributed by atoms with Crippen molar-refractivity contribution in [3.8, 4) is 5.75 Å². The molecule has 1 aromatic rings. The predicted octanol–water partition coefficient (Wildman–Crippen LogP) is 3.85. The Kier molecular flexibility index (Phi) is 8.71. The number of carbonyl (C=O) groups excluding carboxylic acids is 1. The van der Waals surface area contributed by atoms with Crippen LogP contribution in [0.4, 0.5) is 18.0 Å². The van der Waals surface area contributed by atoms with Crippen LogP contribution in [0.2, 0.25) is 0 Å². The fourth-order valence-electron chi connectivity index (χ4n) is 2.26. The van der Waals surface area contributed by atoms with Crippen LogP contribution in [0.25, 0.3) is 0 Å². The highest BCUT2D eigenvalue weighted by molar-refractivity contribution is 5.73. The van der Waals surface area contributed by atoms with Gasteiger partial charge in [-0.25, -0.2) is 4.79 Å². The Balaban J connectivity index is 2.43. The van der Waals surface area contributed by atoms with Crippen molar-refractivity contribution in [1.82, 2.24) is 15.1 Å². The number of amides is 2. The zero-order chi connectivity index (χ0) is 19.7. The SMILES string of the molecule is CC(C)N(C)CCCCNC(=O)N(C)Cc1ccccc1OC(F)(F)F. The van der Waals surface area contributed by atoms with E-state index in [-0.39, 0.29) is 18.3 Å². The number of ether oxygens (including phenoxy) is 1. The van der Waals surface area contributed by atoms with Crippen molar-refractivity contribution < 1.29 is 22.7 Å². The number of nitrogens with one attached hydrogen (secondary N) is 1. The third-order valence-electron chi connectivity index (χ3n) is 4.05. The first-order valence-electron chi connectivity index (χ1n) is 8.63. The summed E-state index contributed by atoms with van der Waals surface area (Å²) in [5.41, 5.74) is 0.293. The molecule has 1 rings (SSSR count). The van der Waals surface area contributed by atoms with E-state index in [0.29, 0.717) is 18.2 Å².